The summed E-state index contributed by atoms with van der Waals surface area (Å²) in [7, 11) is 1.64. The topological polar surface area (TPSA) is 64.4 Å². The molecule has 0 unspecified atom stereocenters. The fraction of sp³-hybridized carbons (Fsp3) is 0.542. The average molecular weight is 476 g/mol. The largest absolute Gasteiger partial charge is 0.497 e. The van der Waals surface area contributed by atoms with Gasteiger partial charge in [-0.25, -0.2) is 4.68 Å². The van der Waals surface area contributed by atoms with Gasteiger partial charge in [-0.1, -0.05) is 35.3 Å². The standard InChI is InChI=1S/C24H27Cl2N3O3/c1-32-19-4-2-3-15(8-19)13-28(21(30)14-29-23(31)22(26)20(25)12-27-29)24-9-16-5-17(10-24)7-18(6-16)11-24/h2-4,8,12,16-18H,5-7,9-11,13-14H2,1H3. The molecule has 170 valence electrons. The van der Waals surface area contributed by atoms with E-state index in [-0.39, 0.29) is 28.0 Å². The van der Waals surface area contributed by atoms with Crippen molar-refractivity contribution >= 4 is 29.1 Å². The number of hydrogen-bond acceptors (Lipinski definition) is 4. The van der Waals surface area contributed by atoms with E-state index >= 15 is 0 Å². The molecule has 4 bridgehead atoms. The van der Waals surface area contributed by atoms with Crippen molar-refractivity contribution in [1.82, 2.24) is 14.7 Å². The van der Waals surface area contributed by atoms with Gasteiger partial charge in [0.25, 0.3) is 5.56 Å². The number of amides is 1. The van der Waals surface area contributed by atoms with Crippen LogP contribution in [0.5, 0.6) is 5.75 Å². The second-order valence-corrected chi connectivity index (χ2v) is 10.5. The van der Waals surface area contributed by atoms with Gasteiger partial charge in [0, 0.05) is 12.1 Å². The molecule has 4 fully saturated rings. The molecular formula is C24H27Cl2N3O3. The van der Waals surface area contributed by atoms with Crippen LogP contribution in [-0.2, 0) is 17.9 Å². The molecule has 0 radical (unpaired) electrons. The second kappa shape index (κ2) is 8.38. The molecule has 0 saturated heterocycles. The zero-order valence-electron chi connectivity index (χ0n) is 18.1. The van der Waals surface area contributed by atoms with Crippen LogP contribution in [0.4, 0.5) is 0 Å². The number of aromatic nitrogens is 2. The van der Waals surface area contributed by atoms with Gasteiger partial charge in [-0.2, -0.15) is 5.10 Å². The van der Waals surface area contributed by atoms with E-state index in [1.165, 1.54) is 25.5 Å². The number of ether oxygens (including phenoxy) is 1. The highest BCUT2D eigenvalue weighted by molar-refractivity contribution is 6.41. The van der Waals surface area contributed by atoms with E-state index < -0.39 is 5.56 Å². The SMILES string of the molecule is COc1cccc(CN(C(=O)Cn2ncc(Cl)c(Cl)c2=O)C23CC4CC(CC(C4)C2)C3)c1. The quantitative estimate of drug-likeness (QED) is 0.614. The maximum Gasteiger partial charge on any atom is 0.287 e. The summed E-state index contributed by atoms with van der Waals surface area (Å²) >= 11 is 11.9. The number of halogens is 2. The Hall–Kier alpha value is -2.05. The summed E-state index contributed by atoms with van der Waals surface area (Å²) in [5, 5.41) is 4.05. The van der Waals surface area contributed by atoms with Crippen molar-refractivity contribution in [3.8, 4) is 5.75 Å². The Morgan fingerprint density at radius 1 is 1.19 bits per heavy atom. The third kappa shape index (κ3) is 3.92. The highest BCUT2D eigenvalue weighted by Gasteiger charge is 2.54. The maximum atomic E-state index is 13.8. The van der Waals surface area contributed by atoms with Crippen molar-refractivity contribution in [2.45, 2.75) is 57.2 Å². The molecule has 1 heterocycles. The summed E-state index contributed by atoms with van der Waals surface area (Å²) < 4.78 is 6.52. The van der Waals surface area contributed by atoms with Crippen molar-refractivity contribution < 1.29 is 9.53 Å². The highest BCUT2D eigenvalue weighted by Crippen LogP contribution is 2.58. The number of carbonyl (C=O) groups is 1. The molecule has 4 aliphatic carbocycles. The number of carbonyl (C=O) groups excluding carboxylic acids is 1. The van der Waals surface area contributed by atoms with Gasteiger partial charge in [0.15, 0.2) is 0 Å². The van der Waals surface area contributed by atoms with Gasteiger partial charge >= 0.3 is 0 Å². The molecule has 0 spiro atoms. The summed E-state index contributed by atoms with van der Waals surface area (Å²) in [6, 6.07) is 7.85. The molecule has 1 aromatic heterocycles. The lowest BCUT2D eigenvalue weighted by Gasteiger charge is -2.60. The lowest BCUT2D eigenvalue weighted by Crippen LogP contribution is -2.61. The van der Waals surface area contributed by atoms with Crippen LogP contribution in [0.15, 0.2) is 35.3 Å². The van der Waals surface area contributed by atoms with Crippen molar-refractivity contribution in [3.05, 3.63) is 56.4 Å². The summed E-state index contributed by atoms with van der Waals surface area (Å²) in [6.07, 6.45) is 8.29. The molecular weight excluding hydrogens is 449 g/mol. The van der Waals surface area contributed by atoms with Gasteiger partial charge in [-0.3, -0.25) is 9.59 Å². The van der Waals surface area contributed by atoms with Crippen molar-refractivity contribution in [1.29, 1.82) is 0 Å². The minimum Gasteiger partial charge on any atom is -0.497 e. The van der Waals surface area contributed by atoms with Crippen LogP contribution in [0.3, 0.4) is 0 Å². The normalized spacial score (nSPS) is 28.0. The first-order chi connectivity index (χ1) is 15.4. The molecule has 1 aromatic carbocycles. The summed E-state index contributed by atoms with van der Waals surface area (Å²) in [6.45, 7) is 0.333. The van der Waals surface area contributed by atoms with E-state index in [2.05, 4.69) is 5.10 Å². The molecule has 1 amide bonds. The predicted molar refractivity (Wildman–Crippen MR) is 123 cm³/mol. The Labute approximate surface area is 197 Å². The van der Waals surface area contributed by atoms with E-state index in [9.17, 15) is 9.59 Å². The van der Waals surface area contributed by atoms with Gasteiger partial charge in [0.2, 0.25) is 5.91 Å². The Morgan fingerprint density at radius 3 is 2.47 bits per heavy atom. The smallest absolute Gasteiger partial charge is 0.287 e. The van der Waals surface area contributed by atoms with Gasteiger partial charge in [0.1, 0.15) is 17.3 Å². The first kappa shape index (κ1) is 21.8. The molecule has 0 atom stereocenters. The molecule has 6 nitrogen and oxygen atoms in total. The minimum absolute atomic E-state index is 0.0923. The Morgan fingerprint density at radius 2 is 1.84 bits per heavy atom. The lowest BCUT2D eigenvalue weighted by atomic mass is 9.52. The molecule has 8 heteroatoms. The third-order valence-corrected chi connectivity index (χ3v) is 8.33. The van der Waals surface area contributed by atoms with Crippen LogP contribution >= 0.6 is 23.2 Å². The van der Waals surface area contributed by atoms with Crippen LogP contribution in [-0.4, -0.2) is 33.2 Å². The number of benzene rings is 1. The van der Waals surface area contributed by atoms with E-state index in [1.807, 2.05) is 29.2 Å². The van der Waals surface area contributed by atoms with Gasteiger partial charge in [-0.05, 0) is 74.0 Å². The van der Waals surface area contributed by atoms with Crippen molar-refractivity contribution in [2.24, 2.45) is 17.8 Å². The van der Waals surface area contributed by atoms with Gasteiger partial charge in [-0.15, -0.1) is 0 Å². The van der Waals surface area contributed by atoms with E-state index in [0.717, 1.165) is 35.3 Å². The molecule has 6 rings (SSSR count). The Balaban J connectivity index is 1.49. The average Bonchev–Trinajstić information content (AvgIpc) is 2.77. The van der Waals surface area contributed by atoms with Gasteiger partial charge in [0.05, 0.1) is 18.3 Å². The molecule has 4 aliphatic rings. The number of methoxy groups -OCH3 is 1. The van der Waals surface area contributed by atoms with Crippen molar-refractivity contribution in [2.75, 3.05) is 7.11 Å². The summed E-state index contributed by atoms with van der Waals surface area (Å²) in [5.74, 6) is 2.72. The predicted octanol–water partition coefficient (Wildman–Crippen LogP) is 4.56. The zero-order valence-corrected chi connectivity index (χ0v) is 19.6. The molecule has 0 aliphatic heterocycles. The van der Waals surface area contributed by atoms with Crippen LogP contribution in [0.25, 0.3) is 0 Å². The second-order valence-electron chi connectivity index (χ2n) is 9.74. The van der Waals surface area contributed by atoms with Crippen LogP contribution in [0, 0.1) is 17.8 Å². The monoisotopic (exact) mass is 475 g/mol. The fourth-order valence-corrected chi connectivity index (χ4v) is 6.91. The maximum absolute atomic E-state index is 13.8. The fourth-order valence-electron chi connectivity index (χ4n) is 6.64. The number of nitrogens with zero attached hydrogens (tertiary/aromatic N) is 3. The van der Waals surface area contributed by atoms with Crippen molar-refractivity contribution in [3.63, 3.8) is 0 Å². The first-order valence-corrected chi connectivity index (χ1v) is 12.0. The minimum atomic E-state index is -0.542. The van der Waals surface area contributed by atoms with Crippen LogP contribution in [0.2, 0.25) is 10.0 Å². The Bertz CT molecular complexity index is 1060. The molecule has 2 aromatic rings. The Kier molecular flexibility index (Phi) is 5.70. The summed E-state index contributed by atoms with van der Waals surface area (Å²) in [4.78, 5) is 28.3. The third-order valence-electron chi connectivity index (χ3n) is 7.58. The van der Waals surface area contributed by atoms with E-state index in [1.54, 1.807) is 7.11 Å². The highest BCUT2D eigenvalue weighted by atomic mass is 35.5. The van der Waals surface area contributed by atoms with Gasteiger partial charge < -0.3 is 9.64 Å². The lowest BCUT2D eigenvalue weighted by molar-refractivity contribution is -0.153. The molecule has 4 saturated carbocycles. The first-order valence-electron chi connectivity index (χ1n) is 11.2. The number of rotatable bonds is 6. The van der Waals surface area contributed by atoms with E-state index in [4.69, 9.17) is 27.9 Å². The molecule has 32 heavy (non-hydrogen) atoms. The van der Waals surface area contributed by atoms with Crippen LogP contribution in [0.1, 0.15) is 44.1 Å². The number of hydrogen-bond donors (Lipinski definition) is 0. The molecule has 0 N–H and O–H groups in total. The zero-order chi connectivity index (χ0) is 22.5. The summed E-state index contributed by atoms with van der Waals surface area (Å²) in [5.41, 5.74) is 0.316. The van der Waals surface area contributed by atoms with Crippen LogP contribution < -0.4 is 10.3 Å². The van der Waals surface area contributed by atoms with E-state index in [0.29, 0.717) is 24.3 Å².